The fourth-order valence-electron chi connectivity index (χ4n) is 8.89. The Hall–Kier alpha value is -5.40. The number of fused-ring (bicyclic) bond motifs is 5. The predicted molar refractivity (Wildman–Crippen MR) is 200 cm³/mol. The second-order valence-electron chi connectivity index (χ2n) is 14.9. The molecule has 1 heterocycles. The molecular weight excluding hydrogens is 760 g/mol. The highest BCUT2D eigenvalue weighted by Gasteiger charge is 2.72. The summed E-state index contributed by atoms with van der Waals surface area (Å²) in [7, 11) is 3.77. The molecule has 1 fully saturated rings. The van der Waals surface area contributed by atoms with Gasteiger partial charge in [0.25, 0.3) is 5.91 Å². The Kier molecular flexibility index (Phi) is 10.4. The summed E-state index contributed by atoms with van der Waals surface area (Å²) in [5.74, 6) is -7.88. The number of carbonyl (C=O) groups excluding carboxylic acids is 5. The summed E-state index contributed by atoms with van der Waals surface area (Å²) < 4.78 is 21.9. The van der Waals surface area contributed by atoms with Crippen molar-refractivity contribution in [3.8, 4) is 17.2 Å². The van der Waals surface area contributed by atoms with E-state index in [0.717, 1.165) is 13.2 Å². The van der Waals surface area contributed by atoms with E-state index in [-0.39, 0.29) is 23.2 Å². The number of carbonyl (C=O) groups is 5. The molecule has 3 aromatic carbocycles. The zero-order valence-corrected chi connectivity index (χ0v) is 32.1. The summed E-state index contributed by atoms with van der Waals surface area (Å²) >= 11 is 0. The topological polar surface area (TPSA) is 268 Å². The van der Waals surface area contributed by atoms with E-state index in [1.807, 2.05) is 0 Å². The third-order valence-corrected chi connectivity index (χ3v) is 11.8. The largest absolute Gasteiger partial charge is 0.507 e. The van der Waals surface area contributed by atoms with Crippen LogP contribution in [0.5, 0.6) is 17.2 Å². The number of benzene rings is 3. The second kappa shape index (κ2) is 14.8. The first kappa shape index (κ1) is 40.8. The summed E-state index contributed by atoms with van der Waals surface area (Å²) in [6.45, 7) is 2.43. The normalized spacial score (nSPS) is 29.7. The first-order chi connectivity index (χ1) is 27.5. The quantitative estimate of drug-likeness (QED) is 0.166. The van der Waals surface area contributed by atoms with Crippen LogP contribution in [0.1, 0.15) is 87.4 Å². The van der Waals surface area contributed by atoms with Crippen molar-refractivity contribution in [2.24, 2.45) is 10.9 Å². The van der Waals surface area contributed by atoms with Crippen molar-refractivity contribution in [3.63, 3.8) is 0 Å². The van der Waals surface area contributed by atoms with Gasteiger partial charge in [-0.3, -0.25) is 29.0 Å². The number of ether oxygens (including phenoxy) is 4. The van der Waals surface area contributed by atoms with E-state index in [4.69, 9.17) is 18.9 Å². The standard InChI is InChI=1S/C41H42N2O15/c1-16-10-19-11-26(46)41(57-5)37(52)29-22(36(51)40(41,54)30(19)34(50)27(16)38(53)42-14-18-6-8-20(55-3)9-7-18)12-21-28(33(29)49)25(45)13-24(31(21)47)43-39-23(15-44)32(48)35(56-4)17(2)58-39/h6-10,12,17,23,26,32,35,39,44,46,48-50,54H,11,13-15H2,1-5H3,(H,42,53)/t17-,23?,26+,32-,35-,39?,40-,41+/m0/s1. The number of Topliss-reactive ketones (excluding diaryl/α,β-unsaturated/α-hetero) is 4. The molecule has 8 atom stereocenters. The molecule has 3 aromatic rings. The summed E-state index contributed by atoms with van der Waals surface area (Å²) in [5, 5.41) is 71.4. The van der Waals surface area contributed by atoms with Crippen LogP contribution in [-0.2, 0) is 32.8 Å². The lowest BCUT2D eigenvalue weighted by molar-refractivity contribution is -0.206. The fraction of sp³-hybridized carbons (Fsp3) is 0.415. The number of nitrogens with one attached hydrogen (secondary N) is 1. The maximum Gasteiger partial charge on any atom is 0.255 e. The van der Waals surface area contributed by atoms with Gasteiger partial charge < -0.3 is 54.9 Å². The number of amides is 1. The van der Waals surface area contributed by atoms with Crippen LogP contribution in [0.2, 0.25) is 0 Å². The molecule has 0 spiro atoms. The van der Waals surface area contributed by atoms with Crippen LogP contribution in [0, 0.1) is 12.8 Å². The average Bonchev–Trinajstić information content (AvgIpc) is 3.18. The van der Waals surface area contributed by atoms with Crippen LogP contribution in [-0.4, -0.2) is 130 Å². The van der Waals surface area contributed by atoms with E-state index in [9.17, 15) is 54.6 Å². The molecule has 0 bridgehead atoms. The van der Waals surface area contributed by atoms with Gasteiger partial charge in [0, 0.05) is 43.9 Å². The van der Waals surface area contributed by atoms with Crippen molar-refractivity contribution in [2.75, 3.05) is 27.9 Å². The van der Waals surface area contributed by atoms with Gasteiger partial charge in [0.15, 0.2) is 23.2 Å². The number of aliphatic imine (C=N–C) groups is 1. The van der Waals surface area contributed by atoms with Gasteiger partial charge in [-0.2, -0.15) is 0 Å². The van der Waals surface area contributed by atoms with Crippen LogP contribution in [0.25, 0.3) is 0 Å². The molecule has 306 valence electrons. The van der Waals surface area contributed by atoms with Crippen molar-refractivity contribution in [2.45, 2.75) is 75.1 Å². The molecular formula is C41H42N2O15. The van der Waals surface area contributed by atoms with Crippen molar-refractivity contribution in [1.82, 2.24) is 5.32 Å². The van der Waals surface area contributed by atoms with Gasteiger partial charge in [-0.05, 0) is 48.7 Å². The number of hydrogen-bond donors (Lipinski definition) is 7. The fourth-order valence-corrected chi connectivity index (χ4v) is 8.89. The van der Waals surface area contributed by atoms with Gasteiger partial charge in [0.1, 0.15) is 23.4 Å². The summed E-state index contributed by atoms with van der Waals surface area (Å²) in [6.07, 6.45) is -7.35. The molecule has 0 radical (unpaired) electrons. The molecule has 4 aliphatic rings. The number of aryl methyl sites for hydroxylation is 1. The van der Waals surface area contributed by atoms with Crippen LogP contribution < -0.4 is 10.1 Å². The number of aliphatic hydroxyl groups excluding tert-OH is 3. The Morgan fingerprint density at radius 3 is 2.29 bits per heavy atom. The lowest BCUT2D eigenvalue weighted by atomic mass is 9.56. The Balaban J connectivity index is 1.34. The van der Waals surface area contributed by atoms with Gasteiger partial charge in [-0.25, -0.2) is 0 Å². The highest BCUT2D eigenvalue weighted by molar-refractivity contribution is 6.53. The molecule has 0 saturated carbocycles. The molecule has 2 unspecified atom stereocenters. The SMILES string of the molecule is COc1ccc(CNC(=O)c2c(C)cc3c(c2O)[C@]2(O)C(=O)c4cc5c(c(O)c4C(=O)[C@]2(OC)[C@H](O)C3)C(=O)CC(=NC2O[C@@H](C)[C@H](OC)[C@@H](O)C2CO)C5=O)cc1. The number of rotatable bonds is 8. The summed E-state index contributed by atoms with van der Waals surface area (Å²) in [4.78, 5) is 75.2. The number of hydrogen-bond acceptors (Lipinski definition) is 16. The number of aromatic hydroxyl groups is 2. The Bertz CT molecular complexity index is 2300. The molecule has 58 heavy (non-hydrogen) atoms. The van der Waals surface area contributed by atoms with Crippen molar-refractivity contribution in [1.29, 1.82) is 0 Å². The second-order valence-corrected chi connectivity index (χ2v) is 14.9. The number of nitrogens with zero attached hydrogens (tertiary/aromatic N) is 1. The number of phenolic OH excluding ortho intramolecular Hbond substituents is 2. The lowest BCUT2D eigenvalue weighted by Gasteiger charge is -2.53. The maximum atomic E-state index is 14.9. The van der Waals surface area contributed by atoms with E-state index in [0.29, 0.717) is 11.3 Å². The average molecular weight is 803 g/mol. The Morgan fingerprint density at radius 1 is 0.983 bits per heavy atom. The van der Waals surface area contributed by atoms with Crippen LogP contribution >= 0.6 is 0 Å². The Labute approximate surface area is 330 Å². The van der Waals surface area contributed by atoms with E-state index < -0.39 is 141 Å². The van der Waals surface area contributed by atoms with E-state index in [2.05, 4.69) is 10.3 Å². The van der Waals surface area contributed by atoms with Gasteiger partial charge in [-0.15, -0.1) is 0 Å². The predicted octanol–water partition coefficient (Wildman–Crippen LogP) is 0.853. The molecule has 1 saturated heterocycles. The molecule has 0 aromatic heterocycles. The molecule has 7 N–H and O–H groups in total. The summed E-state index contributed by atoms with van der Waals surface area (Å²) in [5.41, 5.74) is -9.47. The minimum Gasteiger partial charge on any atom is -0.507 e. The lowest BCUT2D eigenvalue weighted by Crippen LogP contribution is -2.73. The monoisotopic (exact) mass is 802 g/mol. The zero-order valence-electron chi connectivity index (χ0n) is 32.1. The van der Waals surface area contributed by atoms with Crippen molar-refractivity contribution >= 4 is 34.8 Å². The van der Waals surface area contributed by atoms with Gasteiger partial charge in [-0.1, -0.05) is 18.2 Å². The van der Waals surface area contributed by atoms with Gasteiger partial charge in [0.2, 0.25) is 17.3 Å². The summed E-state index contributed by atoms with van der Waals surface area (Å²) in [6, 6.07) is 9.00. The van der Waals surface area contributed by atoms with Crippen LogP contribution in [0.3, 0.4) is 0 Å². The number of ketones is 4. The molecule has 1 aliphatic heterocycles. The molecule has 17 nitrogen and oxygen atoms in total. The van der Waals surface area contributed by atoms with E-state index in [1.54, 1.807) is 31.2 Å². The van der Waals surface area contributed by atoms with Crippen LogP contribution in [0.15, 0.2) is 41.4 Å². The highest BCUT2D eigenvalue weighted by Crippen LogP contribution is 2.56. The Morgan fingerprint density at radius 2 is 1.67 bits per heavy atom. The number of methoxy groups -OCH3 is 3. The number of phenols is 2. The van der Waals surface area contributed by atoms with Crippen LogP contribution in [0.4, 0.5) is 0 Å². The van der Waals surface area contributed by atoms with E-state index >= 15 is 0 Å². The third-order valence-electron chi connectivity index (χ3n) is 11.8. The first-order valence-electron chi connectivity index (χ1n) is 18.4. The number of aliphatic hydroxyl groups is 4. The third kappa shape index (κ3) is 5.71. The van der Waals surface area contributed by atoms with Crippen molar-refractivity contribution in [3.05, 3.63) is 86.5 Å². The zero-order chi connectivity index (χ0) is 42.2. The van der Waals surface area contributed by atoms with E-state index in [1.165, 1.54) is 27.2 Å². The molecule has 3 aliphatic carbocycles. The minimum atomic E-state index is -3.27. The molecule has 1 amide bonds. The van der Waals surface area contributed by atoms with Gasteiger partial charge >= 0.3 is 0 Å². The smallest absolute Gasteiger partial charge is 0.255 e. The molecule has 17 heteroatoms. The first-order valence-corrected chi connectivity index (χ1v) is 18.4. The highest BCUT2D eigenvalue weighted by atomic mass is 16.6. The molecule has 7 rings (SSSR count). The minimum absolute atomic E-state index is 0.00217. The van der Waals surface area contributed by atoms with Gasteiger partial charge in [0.05, 0.1) is 66.8 Å². The van der Waals surface area contributed by atoms with Crippen molar-refractivity contribution < 1.29 is 73.6 Å². The maximum absolute atomic E-state index is 14.9.